The summed E-state index contributed by atoms with van der Waals surface area (Å²) in [4.78, 5) is 18.6. The van der Waals surface area contributed by atoms with Crippen molar-refractivity contribution in [2.45, 2.75) is 26.8 Å². The minimum absolute atomic E-state index is 0.210. The minimum atomic E-state index is 0.210. The minimum Gasteiger partial charge on any atom is -0.300 e. The normalized spacial score (nSPS) is 11.0. The first-order valence-corrected chi connectivity index (χ1v) is 7.66. The Labute approximate surface area is 124 Å². The van der Waals surface area contributed by atoms with Gasteiger partial charge < -0.3 is 4.90 Å². The molecule has 0 unspecified atom stereocenters. The maximum atomic E-state index is 12.2. The molecule has 2 aromatic rings. The summed E-state index contributed by atoms with van der Waals surface area (Å²) in [6, 6.07) is 6.02. The Morgan fingerprint density at radius 2 is 1.95 bits per heavy atom. The lowest BCUT2D eigenvalue weighted by Crippen LogP contribution is -2.21. The highest BCUT2D eigenvalue weighted by Gasteiger charge is 2.09. The van der Waals surface area contributed by atoms with Crippen molar-refractivity contribution in [3.05, 3.63) is 51.5 Å². The maximum Gasteiger partial charge on any atom is 0.164 e. The van der Waals surface area contributed by atoms with E-state index >= 15 is 0 Å². The Hall–Kier alpha value is -1.52. The van der Waals surface area contributed by atoms with Crippen molar-refractivity contribution in [2.75, 3.05) is 13.6 Å². The zero-order valence-corrected chi connectivity index (χ0v) is 13.0. The molecule has 1 aromatic carbocycles. The van der Waals surface area contributed by atoms with Crippen LogP contribution in [0.1, 0.15) is 33.6 Å². The summed E-state index contributed by atoms with van der Waals surface area (Å²) >= 11 is 1.60. The van der Waals surface area contributed by atoms with E-state index in [-0.39, 0.29) is 5.78 Å². The van der Waals surface area contributed by atoms with Gasteiger partial charge in [-0.15, -0.1) is 11.3 Å². The maximum absolute atomic E-state index is 12.2. The number of carbonyl (C=O) groups excluding carboxylic acids is 1. The molecule has 0 aliphatic carbocycles. The molecule has 0 spiro atoms. The number of benzene rings is 1. The molecule has 0 saturated heterocycles. The molecule has 0 N–H and O–H groups in total. The van der Waals surface area contributed by atoms with Gasteiger partial charge in [-0.1, -0.05) is 17.2 Å². The van der Waals surface area contributed by atoms with Crippen LogP contribution in [-0.2, 0) is 6.54 Å². The zero-order chi connectivity index (χ0) is 14.5. The van der Waals surface area contributed by atoms with Gasteiger partial charge in [0.25, 0.3) is 0 Å². The van der Waals surface area contributed by atoms with Crippen LogP contribution in [0.25, 0.3) is 0 Å². The predicted molar refractivity (Wildman–Crippen MR) is 83.3 cm³/mol. The Kier molecular flexibility index (Phi) is 5.04. The molecule has 4 heteroatoms. The number of hydrogen-bond acceptors (Lipinski definition) is 4. The zero-order valence-electron chi connectivity index (χ0n) is 12.2. The van der Waals surface area contributed by atoms with E-state index in [1.807, 2.05) is 43.9 Å². The third-order valence-corrected chi connectivity index (χ3v) is 3.81. The van der Waals surface area contributed by atoms with Crippen LogP contribution < -0.4 is 0 Å². The molecule has 3 nitrogen and oxygen atoms in total. The molecule has 0 amide bonds. The van der Waals surface area contributed by atoms with Crippen LogP contribution in [0.3, 0.4) is 0 Å². The first-order valence-electron chi connectivity index (χ1n) is 6.71. The molecule has 0 bridgehead atoms. The second kappa shape index (κ2) is 6.77. The third-order valence-electron chi connectivity index (χ3n) is 3.18. The number of aryl methyl sites for hydroxylation is 2. The van der Waals surface area contributed by atoms with Crippen LogP contribution in [0.2, 0.25) is 0 Å². The highest BCUT2D eigenvalue weighted by molar-refractivity contribution is 7.07. The van der Waals surface area contributed by atoms with E-state index in [0.717, 1.165) is 35.5 Å². The van der Waals surface area contributed by atoms with E-state index in [9.17, 15) is 4.79 Å². The molecule has 2 rings (SSSR count). The largest absolute Gasteiger partial charge is 0.300 e. The molecule has 0 aliphatic heterocycles. The molecular weight excluding hydrogens is 268 g/mol. The number of rotatable bonds is 6. The molecule has 0 fully saturated rings. The van der Waals surface area contributed by atoms with Crippen molar-refractivity contribution >= 4 is 17.1 Å². The number of Topliss-reactive ketones (excluding diaryl/α,β-unsaturated/α-hetero) is 1. The molecule has 20 heavy (non-hydrogen) atoms. The number of nitrogens with zero attached hydrogens (tertiary/aromatic N) is 2. The van der Waals surface area contributed by atoms with Crippen molar-refractivity contribution in [3.63, 3.8) is 0 Å². The molecule has 0 atom stereocenters. The topological polar surface area (TPSA) is 33.2 Å². The average molecular weight is 288 g/mol. The van der Waals surface area contributed by atoms with Gasteiger partial charge >= 0.3 is 0 Å². The summed E-state index contributed by atoms with van der Waals surface area (Å²) in [5.41, 5.74) is 6.01. The van der Waals surface area contributed by atoms with Gasteiger partial charge in [-0.05, 0) is 33.0 Å². The van der Waals surface area contributed by atoms with Gasteiger partial charge in [-0.3, -0.25) is 4.79 Å². The fourth-order valence-electron chi connectivity index (χ4n) is 2.24. The smallest absolute Gasteiger partial charge is 0.164 e. The average Bonchev–Trinajstić information content (AvgIpc) is 2.87. The van der Waals surface area contributed by atoms with Crippen molar-refractivity contribution < 1.29 is 4.79 Å². The number of hydrogen-bond donors (Lipinski definition) is 0. The van der Waals surface area contributed by atoms with E-state index < -0.39 is 0 Å². The van der Waals surface area contributed by atoms with Crippen LogP contribution in [0.15, 0.2) is 29.1 Å². The quantitative estimate of drug-likeness (QED) is 0.763. The second-order valence-corrected chi connectivity index (χ2v) is 5.99. The van der Waals surface area contributed by atoms with Crippen LogP contribution >= 0.6 is 11.3 Å². The van der Waals surface area contributed by atoms with E-state index in [1.54, 1.807) is 11.3 Å². The van der Waals surface area contributed by atoms with Gasteiger partial charge in [0.15, 0.2) is 5.78 Å². The Bertz CT molecular complexity index is 558. The fraction of sp³-hybridized carbons (Fsp3) is 0.375. The summed E-state index contributed by atoms with van der Waals surface area (Å²) < 4.78 is 0. The molecule has 0 saturated carbocycles. The van der Waals surface area contributed by atoms with E-state index in [4.69, 9.17) is 0 Å². The highest BCUT2D eigenvalue weighted by Crippen LogP contribution is 2.12. The number of thiazole rings is 1. The van der Waals surface area contributed by atoms with Crippen LogP contribution in [-0.4, -0.2) is 29.3 Å². The molecule has 1 heterocycles. The van der Waals surface area contributed by atoms with Gasteiger partial charge in [0.05, 0.1) is 11.2 Å². The SMILES string of the molecule is Cc1cc(C)cc(C(=O)CCN(C)Cc2cscn2)c1. The van der Waals surface area contributed by atoms with E-state index in [1.165, 1.54) is 0 Å². The summed E-state index contributed by atoms with van der Waals surface area (Å²) in [5, 5.41) is 2.04. The van der Waals surface area contributed by atoms with E-state index in [0.29, 0.717) is 6.42 Å². The van der Waals surface area contributed by atoms with Crippen LogP contribution in [0.5, 0.6) is 0 Å². The van der Waals surface area contributed by atoms with Gasteiger partial charge in [0.1, 0.15) is 0 Å². The van der Waals surface area contributed by atoms with Gasteiger partial charge in [-0.2, -0.15) is 0 Å². The summed E-state index contributed by atoms with van der Waals surface area (Å²) in [6.07, 6.45) is 0.545. The standard InChI is InChI=1S/C16H20N2OS/c1-12-6-13(2)8-14(7-12)16(19)4-5-18(3)9-15-10-20-11-17-15/h6-8,10-11H,4-5,9H2,1-3H3. The lowest BCUT2D eigenvalue weighted by atomic mass is 10.0. The molecular formula is C16H20N2OS. The number of carbonyl (C=O) groups is 1. The summed E-state index contributed by atoms with van der Waals surface area (Å²) in [7, 11) is 2.02. The first kappa shape index (κ1) is 14.9. The highest BCUT2D eigenvalue weighted by atomic mass is 32.1. The fourth-order valence-corrected chi connectivity index (χ4v) is 2.79. The van der Waals surface area contributed by atoms with Gasteiger partial charge in [0.2, 0.25) is 0 Å². The van der Waals surface area contributed by atoms with E-state index in [2.05, 4.69) is 16.0 Å². The third kappa shape index (κ3) is 4.25. The number of ketones is 1. The van der Waals surface area contributed by atoms with Crippen LogP contribution in [0, 0.1) is 13.8 Å². The Morgan fingerprint density at radius 1 is 1.25 bits per heavy atom. The molecule has 0 aliphatic rings. The lowest BCUT2D eigenvalue weighted by molar-refractivity contribution is 0.0967. The van der Waals surface area contributed by atoms with Crippen molar-refractivity contribution in [3.8, 4) is 0 Å². The first-order chi connectivity index (χ1) is 9.54. The number of aromatic nitrogens is 1. The summed E-state index contributed by atoms with van der Waals surface area (Å²) in [5.74, 6) is 0.210. The molecule has 106 valence electrons. The van der Waals surface area contributed by atoms with Gasteiger partial charge in [-0.25, -0.2) is 4.98 Å². The van der Waals surface area contributed by atoms with Crippen molar-refractivity contribution in [2.24, 2.45) is 0 Å². The Morgan fingerprint density at radius 3 is 2.55 bits per heavy atom. The molecule has 0 radical (unpaired) electrons. The Balaban J connectivity index is 1.88. The monoisotopic (exact) mass is 288 g/mol. The van der Waals surface area contributed by atoms with Gasteiger partial charge in [0, 0.05) is 30.5 Å². The van der Waals surface area contributed by atoms with Crippen molar-refractivity contribution in [1.29, 1.82) is 0 Å². The second-order valence-electron chi connectivity index (χ2n) is 5.27. The molecule has 1 aromatic heterocycles. The van der Waals surface area contributed by atoms with Crippen LogP contribution in [0.4, 0.5) is 0 Å². The summed E-state index contributed by atoms with van der Waals surface area (Å²) in [6.45, 7) is 5.60. The predicted octanol–water partition coefficient (Wildman–Crippen LogP) is 3.46. The van der Waals surface area contributed by atoms with Crippen molar-refractivity contribution in [1.82, 2.24) is 9.88 Å². The lowest BCUT2D eigenvalue weighted by Gasteiger charge is -2.14.